The molecule has 0 amide bonds. The summed E-state index contributed by atoms with van der Waals surface area (Å²) in [6.45, 7) is 13.9. The van der Waals surface area contributed by atoms with Crippen LogP contribution in [0.2, 0.25) is 0 Å². The summed E-state index contributed by atoms with van der Waals surface area (Å²) in [5.41, 5.74) is 10.00. The molecule has 0 bridgehead atoms. The van der Waals surface area contributed by atoms with Crippen LogP contribution in [0.25, 0.3) is 0 Å². The molecule has 0 aliphatic heterocycles. The Hall–Kier alpha value is -0.350. The first-order chi connectivity index (χ1) is 8.36. The zero-order valence-corrected chi connectivity index (χ0v) is 13.9. The molecule has 1 aliphatic carbocycles. The van der Waals surface area contributed by atoms with E-state index in [0.29, 0.717) is 0 Å². The summed E-state index contributed by atoms with van der Waals surface area (Å²) in [5, 5.41) is 0. The molecule has 0 heterocycles. The van der Waals surface area contributed by atoms with Crippen molar-refractivity contribution in [1.82, 2.24) is 0 Å². The van der Waals surface area contributed by atoms with E-state index in [2.05, 4.69) is 50.8 Å². The molecule has 0 radical (unpaired) electrons. The maximum absolute atomic E-state index is 3.10. The van der Waals surface area contributed by atoms with Gasteiger partial charge in [0.1, 0.15) is 0 Å². The largest absolute Gasteiger partial charge is 0.134 e. The Balaban J connectivity index is 2.64. The van der Waals surface area contributed by atoms with Crippen molar-refractivity contribution >= 4 is 9.24 Å². The van der Waals surface area contributed by atoms with Crippen LogP contribution in [0, 0.1) is 40.5 Å². The van der Waals surface area contributed by atoms with Gasteiger partial charge in [0.15, 0.2) is 0 Å². The standard InChI is InChI=1S/C17H27P/c1-9-7-8-15(18)16(9)17-13(5)11(3)10(2)12(4)14(17)6/h9,15-16H,7-8,18H2,1-6H3. The molecular formula is C17H27P. The third-order valence-corrected chi connectivity index (χ3v) is 6.17. The van der Waals surface area contributed by atoms with Crippen LogP contribution in [0.1, 0.15) is 59.1 Å². The molecule has 1 aliphatic rings. The first-order valence-electron chi connectivity index (χ1n) is 7.18. The quantitative estimate of drug-likeness (QED) is 0.626. The zero-order chi connectivity index (χ0) is 13.6. The van der Waals surface area contributed by atoms with E-state index in [0.717, 1.165) is 17.5 Å². The molecule has 2 rings (SSSR count). The Morgan fingerprint density at radius 3 is 1.61 bits per heavy atom. The van der Waals surface area contributed by atoms with Crippen LogP contribution in [0.4, 0.5) is 0 Å². The highest BCUT2D eigenvalue weighted by Gasteiger charge is 2.34. The van der Waals surface area contributed by atoms with Crippen molar-refractivity contribution in [3.8, 4) is 0 Å². The van der Waals surface area contributed by atoms with Crippen molar-refractivity contribution in [1.29, 1.82) is 0 Å². The van der Waals surface area contributed by atoms with Gasteiger partial charge in [-0.15, -0.1) is 9.24 Å². The molecule has 0 spiro atoms. The minimum Gasteiger partial charge on any atom is -0.134 e. The van der Waals surface area contributed by atoms with Crippen molar-refractivity contribution in [3.05, 3.63) is 33.4 Å². The van der Waals surface area contributed by atoms with Crippen molar-refractivity contribution in [2.75, 3.05) is 0 Å². The van der Waals surface area contributed by atoms with Gasteiger partial charge >= 0.3 is 0 Å². The predicted molar refractivity (Wildman–Crippen MR) is 84.8 cm³/mol. The first kappa shape index (κ1) is 14.1. The minimum absolute atomic E-state index is 0.744. The zero-order valence-electron chi connectivity index (χ0n) is 12.7. The van der Waals surface area contributed by atoms with E-state index in [1.807, 2.05) is 0 Å². The molecule has 4 unspecified atom stereocenters. The molecule has 0 aromatic heterocycles. The molecule has 0 N–H and O–H groups in total. The Morgan fingerprint density at radius 1 is 0.778 bits per heavy atom. The lowest BCUT2D eigenvalue weighted by atomic mass is 9.79. The molecule has 4 atom stereocenters. The van der Waals surface area contributed by atoms with Gasteiger partial charge in [-0.25, -0.2) is 0 Å². The molecule has 1 heteroatoms. The normalized spacial score (nSPS) is 27.8. The van der Waals surface area contributed by atoms with E-state index in [1.165, 1.54) is 29.5 Å². The van der Waals surface area contributed by atoms with Crippen LogP contribution in [0.5, 0.6) is 0 Å². The lowest BCUT2D eigenvalue weighted by Crippen LogP contribution is -2.16. The monoisotopic (exact) mass is 262 g/mol. The summed E-state index contributed by atoms with van der Waals surface area (Å²) in [5.74, 6) is 1.57. The van der Waals surface area contributed by atoms with Gasteiger partial charge in [-0.2, -0.15) is 0 Å². The molecule has 1 aromatic rings. The Kier molecular flexibility index (Phi) is 3.88. The second-order valence-electron chi connectivity index (χ2n) is 6.28. The number of rotatable bonds is 1. The Morgan fingerprint density at radius 2 is 1.22 bits per heavy atom. The van der Waals surface area contributed by atoms with Gasteiger partial charge in [0.25, 0.3) is 0 Å². The summed E-state index contributed by atoms with van der Waals surface area (Å²) in [7, 11) is 3.10. The second kappa shape index (κ2) is 4.97. The molecule has 1 fully saturated rings. The van der Waals surface area contributed by atoms with Gasteiger partial charge in [-0.3, -0.25) is 0 Å². The highest BCUT2D eigenvalue weighted by Crippen LogP contribution is 2.47. The molecule has 0 saturated heterocycles. The predicted octanol–water partition coefficient (Wildman–Crippen LogP) is 4.99. The topological polar surface area (TPSA) is 0 Å². The van der Waals surface area contributed by atoms with Crippen molar-refractivity contribution < 1.29 is 0 Å². The van der Waals surface area contributed by atoms with Crippen LogP contribution in [-0.4, -0.2) is 5.66 Å². The fourth-order valence-electron chi connectivity index (χ4n) is 3.76. The van der Waals surface area contributed by atoms with Gasteiger partial charge in [0, 0.05) is 0 Å². The summed E-state index contributed by atoms with van der Waals surface area (Å²) in [6, 6.07) is 0. The minimum atomic E-state index is 0.744. The van der Waals surface area contributed by atoms with Crippen molar-refractivity contribution in [2.24, 2.45) is 5.92 Å². The van der Waals surface area contributed by atoms with Gasteiger partial charge in [-0.05, 0) is 98.3 Å². The van der Waals surface area contributed by atoms with Gasteiger partial charge < -0.3 is 0 Å². The molecule has 100 valence electrons. The number of benzene rings is 1. The Bertz CT molecular complexity index is 434. The third-order valence-electron chi connectivity index (χ3n) is 5.42. The lowest BCUT2D eigenvalue weighted by Gasteiger charge is -2.28. The fraction of sp³-hybridized carbons (Fsp3) is 0.647. The summed E-state index contributed by atoms with van der Waals surface area (Å²) < 4.78 is 0. The number of hydrogen-bond donors (Lipinski definition) is 0. The first-order valence-corrected chi connectivity index (χ1v) is 7.85. The maximum Gasteiger partial charge on any atom is -0.00679 e. The second-order valence-corrected chi connectivity index (χ2v) is 7.14. The highest BCUT2D eigenvalue weighted by atomic mass is 31.0. The van der Waals surface area contributed by atoms with E-state index in [4.69, 9.17) is 0 Å². The summed E-state index contributed by atoms with van der Waals surface area (Å²) >= 11 is 0. The van der Waals surface area contributed by atoms with Crippen molar-refractivity contribution in [3.63, 3.8) is 0 Å². The van der Waals surface area contributed by atoms with E-state index in [1.54, 1.807) is 16.7 Å². The smallest absolute Gasteiger partial charge is 0.00679 e. The van der Waals surface area contributed by atoms with Crippen molar-refractivity contribution in [2.45, 2.75) is 66.0 Å². The molecule has 0 nitrogen and oxygen atoms in total. The lowest BCUT2D eigenvalue weighted by molar-refractivity contribution is 0.532. The summed E-state index contributed by atoms with van der Waals surface area (Å²) in [6.07, 6.45) is 2.74. The van der Waals surface area contributed by atoms with Crippen LogP contribution < -0.4 is 0 Å². The van der Waals surface area contributed by atoms with E-state index < -0.39 is 0 Å². The number of hydrogen-bond acceptors (Lipinski definition) is 0. The molecule has 18 heavy (non-hydrogen) atoms. The maximum atomic E-state index is 3.10. The van der Waals surface area contributed by atoms with Gasteiger partial charge in [0.2, 0.25) is 0 Å². The highest BCUT2D eigenvalue weighted by molar-refractivity contribution is 7.17. The average Bonchev–Trinajstić information content (AvgIpc) is 2.66. The van der Waals surface area contributed by atoms with E-state index in [-0.39, 0.29) is 0 Å². The Labute approximate surface area is 115 Å². The van der Waals surface area contributed by atoms with Crippen LogP contribution in [0.3, 0.4) is 0 Å². The van der Waals surface area contributed by atoms with Crippen LogP contribution in [0.15, 0.2) is 0 Å². The summed E-state index contributed by atoms with van der Waals surface area (Å²) in [4.78, 5) is 0. The van der Waals surface area contributed by atoms with Gasteiger partial charge in [0.05, 0.1) is 0 Å². The molecule has 1 saturated carbocycles. The van der Waals surface area contributed by atoms with E-state index in [9.17, 15) is 0 Å². The SMILES string of the molecule is Cc1c(C)c(C)c(C2C(C)CCC2P)c(C)c1C. The third kappa shape index (κ3) is 2.03. The van der Waals surface area contributed by atoms with Crippen LogP contribution in [-0.2, 0) is 0 Å². The molecular weight excluding hydrogens is 235 g/mol. The average molecular weight is 262 g/mol. The van der Waals surface area contributed by atoms with Gasteiger partial charge in [-0.1, -0.05) is 6.92 Å². The van der Waals surface area contributed by atoms with Crippen LogP contribution >= 0.6 is 9.24 Å². The van der Waals surface area contributed by atoms with E-state index >= 15 is 0 Å². The fourth-order valence-corrected chi connectivity index (χ4v) is 4.53. The molecule has 1 aromatic carbocycles.